The minimum atomic E-state index is -1.75. The standard InChI is InChI=1S/C19H23N3O5S/c1-10(23)19(20-14(24)11-7-6-8-12(9-11)21(4)5)16(27)22-13(15(25)26)18(2,3)28-17(19)22/h6-9,13,17H,1-5H3,(H,20,24)(H,25,26)/t13-,17+,19?/m0/s1. The summed E-state index contributed by atoms with van der Waals surface area (Å²) in [4.78, 5) is 53.0. The number of nitrogens with zero attached hydrogens (tertiary/aromatic N) is 2. The van der Waals surface area contributed by atoms with E-state index in [1.165, 1.54) is 23.6 Å². The van der Waals surface area contributed by atoms with E-state index < -0.39 is 45.3 Å². The number of nitrogens with one attached hydrogen (secondary N) is 1. The molecule has 8 nitrogen and oxygen atoms in total. The Hall–Kier alpha value is -2.55. The fraction of sp³-hybridized carbons (Fsp3) is 0.474. The Labute approximate surface area is 167 Å². The smallest absolute Gasteiger partial charge is 0.327 e. The second kappa shape index (κ2) is 6.51. The summed E-state index contributed by atoms with van der Waals surface area (Å²) >= 11 is 1.22. The summed E-state index contributed by atoms with van der Waals surface area (Å²) in [5.41, 5.74) is -0.638. The number of carbonyl (C=O) groups is 4. The van der Waals surface area contributed by atoms with E-state index in [1.807, 2.05) is 25.1 Å². The fourth-order valence-electron chi connectivity index (χ4n) is 3.76. The molecule has 2 saturated heterocycles. The first-order chi connectivity index (χ1) is 12.9. The predicted molar refractivity (Wildman–Crippen MR) is 105 cm³/mol. The van der Waals surface area contributed by atoms with Gasteiger partial charge < -0.3 is 20.2 Å². The number of aliphatic carboxylic acids is 1. The van der Waals surface area contributed by atoms with Crippen LogP contribution < -0.4 is 10.2 Å². The van der Waals surface area contributed by atoms with Gasteiger partial charge in [-0.2, -0.15) is 0 Å². The van der Waals surface area contributed by atoms with Crippen LogP contribution in [0.1, 0.15) is 31.1 Å². The number of anilines is 1. The van der Waals surface area contributed by atoms with E-state index in [1.54, 1.807) is 32.0 Å². The molecule has 0 saturated carbocycles. The van der Waals surface area contributed by atoms with Gasteiger partial charge in [-0.3, -0.25) is 14.4 Å². The van der Waals surface area contributed by atoms with Crippen molar-refractivity contribution >= 4 is 41.0 Å². The van der Waals surface area contributed by atoms with Gasteiger partial charge in [-0.1, -0.05) is 6.07 Å². The number of β-lactam (4-membered cyclic amide) rings is 1. The summed E-state index contributed by atoms with van der Waals surface area (Å²) in [5.74, 6) is -2.86. The lowest BCUT2D eigenvalue weighted by Gasteiger charge is -2.51. The number of rotatable bonds is 5. The molecule has 0 radical (unpaired) electrons. The molecular weight excluding hydrogens is 382 g/mol. The average molecular weight is 405 g/mol. The minimum Gasteiger partial charge on any atom is -0.480 e. The topological polar surface area (TPSA) is 107 Å². The maximum Gasteiger partial charge on any atom is 0.327 e. The highest BCUT2D eigenvalue weighted by Gasteiger charge is 2.74. The Bertz CT molecular complexity index is 884. The lowest BCUT2D eigenvalue weighted by atomic mass is 9.81. The van der Waals surface area contributed by atoms with Crippen molar-refractivity contribution < 1.29 is 24.3 Å². The highest BCUT2D eigenvalue weighted by molar-refractivity contribution is 8.01. The van der Waals surface area contributed by atoms with Crippen LogP contribution in [0, 0.1) is 0 Å². The Morgan fingerprint density at radius 3 is 2.43 bits per heavy atom. The normalized spacial score (nSPS) is 27.6. The third kappa shape index (κ3) is 2.76. The third-order valence-corrected chi connectivity index (χ3v) is 6.91. The predicted octanol–water partition coefficient (Wildman–Crippen LogP) is 0.957. The van der Waals surface area contributed by atoms with Gasteiger partial charge in [-0.15, -0.1) is 11.8 Å². The molecule has 2 aliphatic rings. The zero-order valence-electron chi connectivity index (χ0n) is 16.3. The zero-order chi connectivity index (χ0) is 21.0. The molecule has 1 aromatic carbocycles. The average Bonchev–Trinajstić information content (AvgIpc) is 2.87. The number of hydrogen-bond acceptors (Lipinski definition) is 6. The summed E-state index contributed by atoms with van der Waals surface area (Å²) < 4.78 is -0.793. The van der Waals surface area contributed by atoms with Gasteiger partial charge in [-0.05, 0) is 39.0 Å². The molecule has 0 spiro atoms. The van der Waals surface area contributed by atoms with E-state index in [-0.39, 0.29) is 0 Å². The molecule has 2 fully saturated rings. The third-order valence-electron chi connectivity index (χ3n) is 5.27. The molecule has 28 heavy (non-hydrogen) atoms. The van der Waals surface area contributed by atoms with Crippen LogP contribution in [0.5, 0.6) is 0 Å². The van der Waals surface area contributed by atoms with Gasteiger partial charge in [0.2, 0.25) is 5.54 Å². The molecule has 3 rings (SSSR count). The highest BCUT2D eigenvalue weighted by Crippen LogP contribution is 2.55. The number of thioether (sulfide) groups is 1. The Balaban J connectivity index is 1.94. The van der Waals surface area contributed by atoms with Crippen LogP contribution in [-0.2, 0) is 14.4 Å². The number of carboxylic acid groups (broad SMARTS) is 1. The van der Waals surface area contributed by atoms with Crippen LogP contribution >= 0.6 is 11.8 Å². The number of Topliss-reactive ketones (excluding diaryl/α,β-unsaturated/α-hetero) is 1. The zero-order valence-corrected chi connectivity index (χ0v) is 17.2. The second-order valence-corrected chi connectivity index (χ2v) is 9.52. The maximum atomic E-state index is 13.0. The number of benzene rings is 1. The number of carbonyl (C=O) groups excluding carboxylic acids is 3. The molecule has 3 atom stereocenters. The Kier molecular flexibility index (Phi) is 4.69. The van der Waals surface area contributed by atoms with Crippen LogP contribution in [0.25, 0.3) is 0 Å². The van der Waals surface area contributed by atoms with E-state index in [2.05, 4.69) is 5.32 Å². The summed E-state index contributed by atoms with van der Waals surface area (Å²) in [6.45, 7) is 4.68. The summed E-state index contributed by atoms with van der Waals surface area (Å²) in [6, 6.07) is 5.75. The van der Waals surface area contributed by atoms with Gasteiger partial charge >= 0.3 is 5.97 Å². The van der Waals surface area contributed by atoms with E-state index in [4.69, 9.17) is 0 Å². The lowest BCUT2D eigenvalue weighted by Crippen LogP contribution is -2.82. The van der Waals surface area contributed by atoms with Crippen molar-refractivity contribution in [3.05, 3.63) is 29.8 Å². The summed E-state index contributed by atoms with van der Waals surface area (Å²) in [5, 5.41) is 11.4. The van der Waals surface area contributed by atoms with Crippen LogP contribution in [0.15, 0.2) is 24.3 Å². The molecule has 1 unspecified atom stereocenters. The van der Waals surface area contributed by atoms with Crippen molar-refractivity contribution in [2.45, 2.75) is 42.5 Å². The quantitative estimate of drug-likeness (QED) is 0.555. The number of ketones is 1. The van der Waals surface area contributed by atoms with Gasteiger partial charge in [0.25, 0.3) is 11.8 Å². The van der Waals surface area contributed by atoms with Gasteiger partial charge in [0.1, 0.15) is 11.4 Å². The van der Waals surface area contributed by atoms with Crippen molar-refractivity contribution in [2.75, 3.05) is 19.0 Å². The van der Waals surface area contributed by atoms with Crippen molar-refractivity contribution in [2.24, 2.45) is 0 Å². The van der Waals surface area contributed by atoms with Crippen molar-refractivity contribution in [3.8, 4) is 0 Å². The second-order valence-electron chi connectivity index (χ2n) is 7.79. The summed E-state index contributed by atoms with van der Waals surface area (Å²) in [6.07, 6.45) is 0. The van der Waals surface area contributed by atoms with Gasteiger partial charge in [0, 0.05) is 30.1 Å². The van der Waals surface area contributed by atoms with Crippen molar-refractivity contribution in [3.63, 3.8) is 0 Å². The van der Waals surface area contributed by atoms with E-state index in [0.29, 0.717) is 5.56 Å². The van der Waals surface area contributed by atoms with Crippen LogP contribution in [0.3, 0.4) is 0 Å². The minimum absolute atomic E-state index is 0.315. The van der Waals surface area contributed by atoms with Crippen molar-refractivity contribution in [1.82, 2.24) is 10.2 Å². The van der Waals surface area contributed by atoms with E-state index in [9.17, 15) is 24.3 Å². The van der Waals surface area contributed by atoms with Crippen LogP contribution in [0.4, 0.5) is 5.69 Å². The number of fused-ring (bicyclic) bond motifs is 1. The molecule has 0 bridgehead atoms. The largest absolute Gasteiger partial charge is 0.480 e. The lowest BCUT2D eigenvalue weighted by molar-refractivity contribution is -0.170. The Morgan fingerprint density at radius 2 is 1.89 bits per heavy atom. The molecule has 2 amide bonds. The highest BCUT2D eigenvalue weighted by atomic mass is 32.2. The first-order valence-electron chi connectivity index (χ1n) is 8.78. The summed E-state index contributed by atoms with van der Waals surface area (Å²) in [7, 11) is 3.68. The monoisotopic (exact) mass is 405 g/mol. The van der Waals surface area contributed by atoms with Crippen molar-refractivity contribution in [1.29, 1.82) is 0 Å². The van der Waals surface area contributed by atoms with Crippen LogP contribution in [0.2, 0.25) is 0 Å². The fourth-order valence-corrected chi connectivity index (χ4v) is 5.52. The molecule has 2 aliphatic heterocycles. The number of carboxylic acids is 1. The van der Waals surface area contributed by atoms with Gasteiger partial charge in [-0.25, -0.2) is 4.79 Å². The molecule has 2 heterocycles. The first-order valence-corrected chi connectivity index (χ1v) is 9.66. The van der Waals surface area contributed by atoms with Gasteiger partial charge in [0.15, 0.2) is 5.78 Å². The molecule has 0 aliphatic carbocycles. The number of amides is 2. The molecular formula is C19H23N3O5S. The molecule has 0 aromatic heterocycles. The first kappa shape index (κ1) is 20.2. The molecule has 150 valence electrons. The maximum absolute atomic E-state index is 13.0. The molecule has 2 N–H and O–H groups in total. The number of hydrogen-bond donors (Lipinski definition) is 2. The SMILES string of the molecule is CC(=O)C1(NC(=O)c2cccc(N(C)C)c2)C(=O)N2[C@@H](C(=O)O)C(C)(C)S[C@@H]21. The van der Waals surface area contributed by atoms with E-state index in [0.717, 1.165) is 5.69 Å². The van der Waals surface area contributed by atoms with Crippen LogP contribution in [-0.4, -0.2) is 69.4 Å². The van der Waals surface area contributed by atoms with Gasteiger partial charge in [0.05, 0.1) is 0 Å². The molecule has 9 heteroatoms. The molecule has 1 aromatic rings. The van der Waals surface area contributed by atoms with E-state index >= 15 is 0 Å². The Morgan fingerprint density at radius 1 is 1.25 bits per heavy atom.